The van der Waals surface area contributed by atoms with Crippen LogP contribution in [0.4, 0.5) is 8.78 Å². The van der Waals surface area contributed by atoms with Gasteiger partial charge in [0.15, 0.2) is 0 Å². The number of halogens is 2. The van der Waals surface area contributed by atoms with Crippen LogP contribution in [0.25, 0.3) is 0 Å². The van der Waals surface area contributed by atoms with Gasteiger partial charge in [-0.25, -0.2) is 8.78 Å². The van der Waals surface area contributed by atoms with E-state index in [9.17, 15) is 8.78 Å². The van der Waals surface area contributed by atoms with Crippen LogP contribution in [0.15, 0.2) is 17.0 Å². The highest BCUT2D eigenvalue weighted by Gasteiger charge is 2.14. The Morgan fingerprint density at radius 2 is 1.76 bits per heavy atom. The molecule has 0 aromatic heterocycles. The summed E-state index contributed by atoms with van der Waals surface area (Å²) in [5.41, 5.74) is 6.40. The molecule has 0 saturated carbocycles. The number of hydrogen-bond acceptors (Lipinski definition) is 2. The van der Waals surface area contributed by atoms with E-state index < -0.39 is 11.6 Å². The lowest BCUT2D eigenvalue weighted by molar-refractivity contribution is 0.533. The Bertz CT molecular complexity index is 357. The first-order valence-corrected chi connectivity index (χ1v) is 6.72. The highest BCUT2D eigenvalue weighted by molar-refractivity contribution is 7.99. The number of rotatable bonds is 5. The molecule has 0 amide bonds. The Labute approximate surface area is 106 Å². The van der Waals surface area contributed by atoms with Gasteiger partial charge in [0.1, 0.15) is 11.6 Å². The van der Waals surface area contributed by atoms with Gasteiger partial charge in [-0.15, -0.1) is 11.8 Å². The summed E-state index contributed by atoms with van der Waals surface area (Å²) in [6.45, 7) is 5.77. The van der Waals surface area contributed by atoms with Crippen LogP contribution >= 0.6 is 11.8 Å². The molecule has 0 saturated heterocycles. The van der Waals surface area contributed by atoms with Crippen LogP contribution in [0, 0.1) is 11.6 Å². The molecule has 96 valence electrons. The van der Waals surface area contributed by atoms with Gasteiger partial charge in [-0.2, -0.15) is 0 Å². The van der Waals surface area contributed by atoms with Crippen molar-refractivity contribution in [3.8, 4) is 0 Å². The van der Waals surface area contributed by atoms with Crippen molar-refractivity contribution in [1.29, 1.82) is 0 Å². The molecule has 0 fully saturated rings. The zero-order valence-electron chi connectivity index (χ0n) is 10.5. The molecule has 1 aromatic rings. The third-order valence-corrected chi connectivity index (χ3v) is 3.53. The van der Waals surface area contributed by atoms with Gasteiger partial charge in [0.25, 0.3) is 0 Å². The highest BCUT2D eigenvalue weighted by atomic mass is 32.2. The normalized spacial score (nSPS) is 13.1. The first kappa shape index (κ1) is 14.5. The number of benzene rings is 1. The smallest absolute Gasteiger partial charge is 0.140 e. The van der Waals surface area contributed by atoms with E-state index in [1.165, 1.54) is 23.9 Å². The van der Waals surface area contributed by atoms with E-state index in [0.717, 1.165) is 6.42 Å². The molecule has 1 nitrogen and oxygen atoms in total. The van der Waals surface area contributed by atoms with Crippen LogP contribution in [0.1, 0.15) is 32.8 Å². The molecule has 1 atom stereocenters. The standard InChI is InChI=1S/C13H19F2NS/c1-4-10(16)5-9-6-11(14)13(12(15)7-9)17-8(2)3/h6-8,10H,4-5,16H2,1-3H3. The molecule has 4 heteroatoms. The van der Waals surface area contributed by atoms with Crippen molar-refractivity contribution in [2.24, 2.45) is 5.73 Å². The van der Waals surface area contributed by atoms with Crippen LogP contribution in [0.2, 0.25) is 0 Å². The second-order valence-corrected chi connectivity index (χ2v) is 6.01. The summed E-state index contributed by atoms with van der Waals surface area (Å²) in [5, 5.41) is 0.155. The monoisotopic (exact) mass is 259 g/mol. The molecule has 17 heavy (non-hydrogen) atoms. The lowest BCUT2D eigenvalue weighted by Gasteiger charge is -2.12. The quantitative estimate of drug-likeness (QED) is 0.815. The number of hydrogen-bond donors (Lipinski definition) is 1. The summed E-state index contributed by atoms with van der Waals surface area (Å²) < 4.78 is 27.4. The van der Waals surface area contributed by atoms with E-state index in [0.29, 0.717) is 12.0 Å². The second-order valence-electron chi connectivity index (χ2n) is 4.43. The summed E-state index contributed by atoms with van der Waals surface area (Å²) in [6.07, 6.45) is 1.31. The Morgan fingerprint density at radius 1 is 1.24 bits per heavy atom. The van der Waals surface area contributed by atoms with Crippen molar-refractivity contribution < 1.29 is 8.78 Å². The molecule has 0 heterocycles. The molecule has 1 aromatic carbocycles. The fraction of sp³-hybridized carbons (Fsp3) is 0.538. The third kappa shape index (κ3) is 4.28. The van der Waals surface area contributed by atoms with Crippen LogP contribution in [0.5, 0.6) is 0 Å². The molecule has 0 bridgehead atoms. The first-order valence-electron chi connectivity index (χ1n) is 5.84. The summed E-state index contributed by atoms with van der Waals surface area (Å²) >= 11 is 1.20. The van der Waals surface area contributed by atoms with E-state index in [-0.39, 0.29) is 16.2 Å². The summed E-state index contributed by atoms with van der Waals surface area (Å²) in [5.74, 6) is -0.969. The first-order chi connectivity index (χ1) is 7.93. The maximum atomic E-state index is 13.7. The molecule has 2 N–H and O–H groups in total. The molecular weight excluding hydrogens is 240 g/mol. The molecule has 1 rings (SSSR count). The highest BCUT2D eigenvalue weighted by Crippen LogP contribution is 2.29. The zero-order valence-corrected chi connectivity index (χ0v) is 11.3. The molecule has 0 aliphatic rings. The zero-order chi connectivity index (χ0) is 13.0. The average Bonchev–Trinajstić information content (AvgIpc) is 2.23. The Hall–Kier alpha value is -0.610. The lowest BCUT2D eigenvalue weighted by atomic mass is 10.0. The van der Waals surface area contributed by atoms with Crippen molar-refractivity contribution in [3.05, 3.63) is 29.3 Å². The molecule has 0 radical (unpaired) electrons. The minimum atomic E-state index is -0.484. The Kier molecular flexibility index (Phi) is 5.40. The molecule has 1 unspecified atom stereocenters. The third-order valence-electron chi connectivity index (χ3n) is 2.43. The van der Waals surface area contributed by atoms with Crippen LogP contribution < -0.4 is 5.73 Å². The predicted molar refractivity (Wildman–Crippen MR) is 69.3 cm³/mol. The summed E-state index contributed by atoms with van der Waals surface area (Å²) in [6, 6.07) is 2.74. The number of thioether (sulfide) groups is 1. The lowest BCUT2D eigenvalue weighted by Crippen LogP contribution is -2.21. The Morgan fingerprint density at radius 3 is 2.18 bits per heavy atom. The fourth-order valence-corrected chi connectivity index (χ4v) is 2.34. The van der Waals surface area contributed by atoms with E-state index in [1.807, 2.05) is 20.8 Å². The van der Waals surface area contributed by atoms with Gasteiger partial charge in [-0.3, -0.25) is 0 Å². The van der Waals surface area contributed by atoms with Crippen molar-refractivity contribution in [2.45, 2.75) is 49.8 Å². The minimum absolute atomic E-state index is 0.0441. The minimum Gasteiger partial charge on any atom is -0.327 e. The maximum Gasteiger partial charge on any atom is 0.140 e. The van der Waals surface area contributed by atoms with Gasteiger partial charge in [0.05, 0.1) is 4.90 Å². The van der Waals surface area contributed by atoms with Crippen molar-refractivity contribution in [3.63, 3.8) is 0 Å². The van der Waals surface area contributed by atoms with Crippen LogP contribution in [-0.4, -0.2) is 11.3 Å². The summed E-state index contributed by atoms with van der Waals surface area (Å²) in [7, 11) is 0. The van der Waals surface area contributed by atoms with Crippen molar-refractivity contribution in [1.82, 2.24) is 0 Å². The Balaban J connectivity index is 2.92. The second kappa shape index (κ2) is 6.36. The predicted octanol–water partition coefficient (Wildman–Crippen LogP) is 3.75. The SMILES string of the molecule is CCC(N)Cc1cc(F)c(SC(C)C)c(F)c1. The molecule has 0 spiro atoms. The molecule has 0 aliphatic heterocycles. The van der Waals surface area contributed by atoms with E-state index in [1.54, 1.807) is 0 Å². The van der Waals surface area contributed by atoms with E-state index in [2.05, 4.69) is 0 Å². The molecule has 0 aliphatic carbocycles. The van der Waals surface area contributed by atoms with Crippen LogP contribution in [0.3, 0.4) is 0 Å². The van der Waals surface area contributed by atoms with Gasteiger partial charge < -0.3 is 5.73 Å². The maximum absolute atomic E-state index is 13.7. The van der Waals surface area contributed by atoms with Gasteiger partial charge in [-0.1, -0.05) is 20.8 Å². The van der Waals surface area contributed by atoms with Crippen molar-refractivity contribution in [2.75, 3.05) is 0 Å². The van der Waals surface area contributed by atoms with Crippen LogP contribution in [-0.2, 0) is 6.42 Å². The van der Waals surface area contributed by atoms with E-state index in [4.69, 9.17) is 5.73 Å². The summed E-state index contributed by atoms with van der Waals surface area (Å²) in [4.78, 5) is 0.105. The number of nitrogens with two attached hydrogens (primary N) is 1. The van der Waals surface area contributed by atoms with Gasteiger partial charge in [0.2, 0.25) is 0 Å². The molecular formula is C13H19F2NS. The van der Waals surface area contributed by atoms with E-state index >= 15 is 0 Å². The average molecular weight is 259 g/mol. The largest absolute Gasteiger partial charge is 0.327 e. The fourth-order valence-electron chi connectivity index (χ4n) is 1.53. The van der Waals surface area contributed by atoms with Crippen molar-refractivity contribution >= 4 is 11.8 Å². The topological polar surface area (TPSA) is 26.0 Å². The van der Waals surface area contributed by atoms with Gasteiger partial charge >= 0.3 is 0 Å². The van der Waals surface area contributed by atoms with Gasteiger partial charge in [-0.05, 0) is 30.5 Å². The van der Waals surface area contributed by atoms with Gasteiger partial charge in [0, 0.05) is 11.3 Å².